The van der Waals surface area contributed by atoms with Crippen LogP contribution in [0, 0.1) is 11.3 Å². The summed E-state index contributed by atoms with van der Waals surface area (Å²) in [5.41, 5.74) is 9.70. The van der Waals surface area contributed by atoms with Crippen LogP contribution in [0.15, 0.2) is 42.5 Å². The molecule has 0 aliphatic heterocycles. The van der Waals surface area contributed by atoms with Crippen LogP contribution < -0.4 is 11.1 Å². The summed E-state index contributed by atoms with van der Waals surface area (Å²) in [6.45, 7) is 2.22. The van der Waals surface area contributed by atoms with E-state index in [1.165, 1.54) is 11.1 Å². The summed E-state index contributed by atoms with van der Waals surface area (Å²) in [4.78, 5) is 24.2. The molecule has 0 saturated heterocycles. The van der Waals surface area contributed by atoms with Crippen LogP contribution in [0.3, 0.4) is 0 Å². The second-order valence-corrected chi connectivity index (χ2v) is 7.05. The largest absolute Gasteiger partial charge is 0.466 e. The number of hydrogen-bond acceptors (Lipinski definition) is 4. The van der Waals surface area contributed by atoms with Gasteiger partial charge in [0.25, 0.3) is 5.91 Å². The Morgan fingerprint density at radius 2 is 1.83 bits per heavy atom. The Morgan fingerprint density at radius 3 is 2.48 bits per heavy atom. The molecule has 0 aromatic heterocycles. The number of halogens is 1. The van der Waals surface area contributed by atoms with Crippen LogP contribution >= 0.6 is 12.4 Å². The Balaban J connectivity index is 0.00000300. The summed E-state index contributed by atoms with van der Waals surface area (Å²) in [5, 5.41) is 10.3. The third-order valence-electron chi connectivity index (χ3n) is 5.01. The van der Waals surface area contributed by atoms with Crippen molar-refractivity contribution in [2.75, 3.05) is 11.9 Å². The van der Waals surface area contributed by atoms with Gasteiger partial charge in [0.15, 0.2) is 0 Å². The minimum absolute atomic E-state index is 0. The molecule has 1 aliphatic carbocycles. The Hall–Kier alpha value is -2.86. The van der Waals surface area contributed by atoms with Gasteiger partial charge in [0.1, 0.15) is 5.84 Å². The molecule has 0 saturated carbocycles. The molecule has 29 heavy (non-hydrogen) atoms. The van der Waals surface area contributed by atoms with Crippen LogP contribution in [0.2, 0.25) is 0 Å². The number of amides is 1. The number of carbonyl (C=O) groups excluding carboxylic acids is 2. The SMILES string of the molecule is CCOC(=O)CC1CCc2ccc(NC(=O)c3ccc(C(=N)N)cc3)cc2C1.Cl. The van der Waals surface area contributed by atoms with Gasteiger partial charge in [-0.25, -0.2) is 0 Å². The second kappa shape index (κ2) is 10.1. The fourth-order valence-corrected chi connectivity index (χ4v) is 3.54. The minimum Gasteiger partial charge on any atom is -0.466 e. The molecule has 0 radical (unpaired) electrons. The summed E-state index contributed by atoms with van der Waals surface area (Å²) in [6, 6.07) is 12.6. The lowest BCUT2D eigenvalue weighted by Crippen LogP contribution is -2.19. The van der Waals surface area contributed by atoms with Crippen LogP contribution in [0.25, 0.3) is 0 Å². The average Bonchev–Trinajstić information content (AvgIpc) is 2.68. The zero-order valence-corrected chi connectivity index (χ0v) is 17.2. The van der Waals surface area contributed by atoms with Crippen molar-refractivity contribution in [2.45, 2.75) is 32.6 Å². The Morgan fingerprint density at radius 1 is 1.14 bits per heavy atom. The molecule has 0 spiro atoms. The van der Waals surface area contributed by atoms with Crippen molar-refractivity contribution in [2.24, 2.45) is 11.7 Å². The number of hydrogen-bond donors (Lipinski definition) is 3. The van der Waals surface area contributed by atoms with Crippen LogP contribution in [-0.2, 0) is 22.4 Å². The van der Waals surface area contributed by atoms with Crippen molar-refractivity contribution in [3.63, 3.8) is 0 Å². The number of nitrogen functional groups attached to an aromatic ring is 1. The lowest BCUT2D eigenvalue weighted by molar-refractivity contribution is -0.144. The Kier molecular flexibility index (Phi) is 7.79. The van der Waals surface area contributed by atoms with E-state index in [1.54, 1.807) is 24.3 Å². The first-order valence-corrected chi connectivity index (χ1v) is 9.49. The number of anilines is 1. The van der Waals surface area contributed by atoms with E-state index in [4.69, 9.17) is 15.9 Å². The monoisotopic (exact) mass is 415 g/mol. The van der Waals surface area contributed by atoms with Gasteiger partial charge in [-0.15, -0.1) is 12.4 Å². The van der Waals surface area contributed by atoms with E-state index < -0.39 is 0 Å². The zero-order valence-electron chi connectivity index (χ0n) is 16.4. The summed E-state index contributed by atoms with van der Waals surface area (Å²) in [6.07, 6.45) is 3.15. The summed E-state index contributed by atoms with van der Waals surface area (Å²) < 4.78 is 5.06. The predicted molar refractivity (Wildman–Crippen MR) is 116 cm³/mol. The molecular weight excluding hydrogens is 390 g/mol. The molecule has 154 valence electrons. The van der Waals surface area contributed by atoms with Crippen LogP contribution in [0.4, 0.5) is 5.69 Å². The highest BCUT2D eigenvalue weighted by molar-refractivity contribution is 6.05. The van der Waals surface area contributed by atoms with Crippen molar-refractivity contribution >= 4 is 35.8 Å². The average molecular weight is 416 g/mol. The number of ether oxygens (including phenoxy) is 1. The number of rotatable bonds is 6. The molecule has 1 aliphatic rings. The third-order valence-corrected chi connectivity index (χ3v) is 5.01. The molecule has 2 aromatic carbocycles. The minimum atomic E-state index is -0.214. The summed E-state index contributed by atoms with van der Waals surface area (Å²) in [5.74, 6) is -0.112. The van der Waals surface area contributed by atoms with Gasteiger partial charge < -0.3 is 15.8 Å². The van der Waals surface area contributed by atoms with Gasteiger partial charge in [-0.1, -0.05) is 18.2 Å². The maximum Gasteiger partial charge on any atom is 0.306 e. The van der Waals surface area contributed by atoms with Gasteiger partial charge in [-0.3, -0.25) is 15.0 Å². The lowest BCUT2D eigenvalue weighted by Gasteiger charge is -2.24. The van der Waals surface area contributed by atoms with E-state index in [1.807, 2.05) is 25.1 Å². The van der Waals surface area contributed by atoms with Crippen LogP contribution in [-0.4, -0.2) is 24.3 Å². The number of nitrogens with two attached hydrogens (primary N) is 1. The van der Waals surface area contributed by atoms with E-state index in [-0.39, 0.29) is 36.0 Å². The molecule has 4 N–H and O–H groups in total. The van der Waals surface area contributed by atoms with Crippen molar-refractivity contribution in [3.05, 3.63) is 64.7 Å². The first-order chi connectivity index (χ1) is 13.5. The van der Waals surface area contributed by atoms with Gasteiger partial charge in [-0.2, -0.15) is 0 Å². The Labute approximate surface area is 176 Å². The quantitative estimate of drug-likeness (QED) is 0.380. The molecule has 1 atom stereocenters. The number of esters is 1. The van der Waals surface area contributed by atoms with Crippen molar-refractivity contribution in [1.29, 1.82) is 5.41 Å². The number of amidine groups is 1. The number of aryl methyl sites for hydroxylation is 1. The molecule has 1 unspecified atom stereocenters. The molecule has 0 fully saturated rings. The summed E-state index contributed by atoms with van der Waals surface area (Å²) in [7, 11) is 0. The highest BCUT2D eigenvalue weighted by atomic mass is 35.5. The molecule has 3 rings (SSSR count). The molecule has 7 heteroatoms. The first kappa shape index (κ1) is 22.4. The highest BCUT2D eigenvalue weighted by Gasteiger charge is 2.22. The molecule has 1 amide bonds. The van der Waals surface area contributed by atoms with Crippen molar-refractivity contribution in [1.82, 2.24) is 0 Å². The summed E-state index contributed by atoms with van der Waals surface area (Å²) >= 11 is 0. The third kappa shape index (κ3) is 5.81. The van der Waals surface area contributed by atoms with E-state index in [2.05, 4.69) is 5.32 Å². The maximum absolute atomic E-state index is 12.5. The normalized spacial score (nSPS) is 14.9. The van der Waals surface area contributed by atoms with Gasteiger partial charge in [0.2, 0.25) is 0 Å². The first-order valence-electron chi connectivity index (χ1n) is 9.49. The number of carbonyl (C=O) groups is 2. The molecule has 2 aromatic rings. The van der Waals surface area contributed by atoms with Crippen molar-refractivity contribution in [3.8, 4) is 0 Å². The standard InChI is InChI=1S/C22H25N3O3.ClH/c1-2-28-20(26)12-14-3-4-15-9-10-19(13-18(15)11-14)25-22(27)17-7-5-16(6-8-17)21(23)24;/h5-10,13-14H,2-4,11-12H2,1H3,(H3,23,24)(H,25,27);1H. The molecule has 0 heterocycles. The number of nitrogens with one attached hydrogen (secondary N) is 2. The highest BCUT2D eigenvalue weighted by Crippen LogP contribution is 2.30. The number of benzene rings is 2. The fraction of sp³-hybridized carbons (Fsp3) is 0.318. The van der Waals surface area contributed by atoms with E-state index >= 15 is 0 Å². The predicted octanol–water partition coefficient (Wildman–Crippen LogP) is 3.70. The van der Waals surface area contributed by atoms with Gasteiger partial charge in [0, 0.05) is 23.2 Å². The van der Waals surface area contributed by atoms with Gasteiger partial charge in [-0.05, 0) is 67.5 Å². The fourth-order valence-electron chi connectivity index (χ4n) is 3.54. The number of fused-ring (bicyclic) bond motifs is 1. The van der Waals surface area contributed by atoms with E-state index in [0.29, 0.717) is 24.2 Å². The van der Waals surface area contributed by atoms with Crippen LogP contribution in [0.5, 0.6) is 0 Å². The van der Waals surface area contributed by atoms with E-state index in [0.717, 1.165) is 24.9 Å². The lowest BCUT2D eigenvalue weighted by atomic mass is 9.82. The van der Waals surface area contributed by atoms with E-state index in [9.17, 15) is 9.59 Å². The van der Waals surface area contributed by atoms with Gasteiger partial charge in [0.05, 0.1) is 6.61 Å². The molecule has 6 nitrogen and oxygen atoms in total. The smallest absolute Gasteiger partial charge is 0.306 e. The molecule has 0 bridgehead atoms. The van der Waals surface area contributed by atoms with Crippen molar-refractivity contribution < 1.29 is 14.3 Å². The maximum atomic E-state index is 12.5. The van der Waals surface area contributed by atoms with Crippen LogP contribution in [0.1, 0.15) is 46.8 Å². The zero-order chi connectivity index (χ0) is 20.1. The van der Waals surface area contributed by atoms with Gasteiger partial charge >= 0.3 is 5.97 Å². The topological polar surface area (TPSA) is 105 Å². The Bertz CT molecular complexity index is 897. The second-order valence-electron chi connectivity index (χ2n) is 7.05. The molecular formula is C22H26ClN3O3.